The SMILES string of the molecule is COc1ccc(C)cc1C(=O)N[C@@H]1CN(C(CO)CO)C[C@H]1C1CC1. The third-order valence-electron chi connectivity index (χ3n) is 5.47. The number of aliphatic hydroxyl groups excluding tert-OH is 2. The minimum Gasteiger partial charge on any atom is -0.496 e. The van der Waals surface area contributed by atoms with Crippen LogP contribution in [0, 0.1) is 18.8 Å². The minimum absolute atomic E-state index is 0.0332. The van der Waals surface area contributed by atoms with Gasteiger partial charge in [-0.05, 0) is 43.7 Å². The average Bonchev–Trinajstić information content (AvgIpc) is 3.37. The fourth-order valence-corrected chi connectivity index (χ4v) is 3.85. The highest BCUT2D eigenvalue weighted by molar-refractivity contribution is 5.97. The Hall–Kier alpha value is -1.63. The largest absolute Gasteiger partial charge is 0.496 e. The van der Waals surface area contributed by atoms with E-state index in [-0.39, 0.29) is 31.2 Å². The van der Waals surface area contributed by atoms with Crippen LogP contribution in [-0.2, 0) is 0 Å². The molecule has 2 fully saturated rings. The molecule has 2 atom stereocenters. The van der Waals surface area contributed by atoms with Gasteiger partial charge in [-0.25, -0.2) is 0 Å². The number of nitrogens with zero attached hydrogens (tertiary/aromatic N) is 1. The van der Waals surface area contributed by atoms with Gasteiger partial charge in [-0.3, -0.25) is 9.69 Å². The van der Waals surface area contributed by atoms with E-state index in [0.29, 0.717) is 29.7 Å². The number of methoxy groups -OCH3 is 1. The summed E-state index contributed by atoms with van der Waals surface area (Å²) in [5, 5.41) is 22.1. The number of amides is 1. The van der Waals surface area contributed by atoms with Gasteiger partial charge in [0.1, 0.15) is 5.75 Å². The zero-order valence-electron chi connectivity index (χ0n) is 14.9. The summed E-state index contributed by atoms with van der Waals surface area (Å²) in [7, 11) is 1.57. The fourth-order valence-electron chi connectivity index (χ4n) is 3.85. The molecular weight excluding hydrogens is 320 g/mol. The van der Waals surface area contributed by atoms with Crippen molar-refractivity contribution < 1.29 is 19.7 Å². The maximum Gasteiger partial charge on any atom is 0.255 e. The predicted molar refractivity (Wildman–Crippen MR) is 94.7 cm³/mol. The van der Waals surface area contributed by atoms with Gasteiger partial charge in [0, 0.05) is 19.1 Å². The molecule has 1 saturated heterocycles. The molecule has 1 heterocycles. The second-order valence-corrected chi connectivity index (χ2v) is 7.26. The van der Waals surface area contributed by atoms with Crippen LogP contribution in [0.3, 0.4) is 0 Å². The molecule has 1 aromatic rings. The number of hydrogen-bond donors (Lipinski definition) is 3. The van der Waals surface area contributed by atoms with E-state index in [1.807, 2.05) is 25.1 Å². The van der Waals surface area contributed by atoms with Gasteiger partial charge in [0.2, 0.25) is 0 Å². The maximum absolute atomic E-state index is 12.8. The van der Waals surface area contributed by atoms with Crippen molar-refractivity contribution in [3.63, 3.8) is 0 Å². The number of likely N-dealkylation sites (tertiary alicyclic amines) is 1. The molecule has 6 heteroatoms. The van der Waals surface area contributed by atoms with Crippen LogP contribution in [0.2, 0.25) is 0 Å². The molecular formula is C19H28N2O4. The summed E-state index contributed by atoms with van der Waals surface area (Å²) in [6, 6.07) is 5.36. The molecule has 1 saturated carbocycles. The minimum atomic E-state index is -0.253. The zero-order valence-corrected chi connectivity index (χ0v) is 14.9. The van der Waals surface area contributed by atoms with Gasteiger partial charge in [-0.1, -0.05) is 11.6 Å². The van der Waals surface area contributed by atoms with Gasteiger partial charge in [0.05, 0.1) is 31.9 Å². The number of hydrogen-bond acceptors (Lipinski definition) is 5. The first-order valence-electron chi connectivity index (χ1n) is 8.98. The summed E-state index contributed by atoms with van der Waals surface area (Å²) in [6.07, 6.45) is 2.39. The van der Waals surface area contributed by atoms with E-state index >= 15 is 0 Å². The van der Waals surface area contributed by atoms with Crippen LogP contribution in [-0.4, -0.2) is 66.5 Å². The molecule has 2 aliphatic rings. The third-order valence-corrected chi connectivity index (χ3v) is 5.47. The second-order valence-electron chi connectivity index (χ2n) is 7.26. The Kier molecular flexibility index (Phi) is 5.61. The molecule has 0 spiro atoms. The summed E-state index contributed by atoms with van der Waals surface area (Å²) in [4.78, 5) is 14.9. The molecule has 0 aromatic heterocycles. The topological polar surface area (TPSA) is 82.0 Å². The van der Waals surface area contributed by atoms with Gasteiger partial charge < -0.3 is 20.3 Å². The number of ether oxygens (including phenoxy) is 1. The number of carbonyl (C=O) groups excluding carboxylic acids is 1. The molecule has 1 aliphatic carbocycles. The van der Waals surface area contributed by atoms with Crippen molar-refractivity contribution in [2.75, 3.05) is 33.4 Å². The molecule has 6 nitrogen and oxygen atoms in total. The van der Waals surface area contributed by atoms with Gasteiger partial charge in [0.15, 0.2) is 0 Å². The summed E-state index contributed by atoms with van der Waals surface area (Å²) in [6.45, 7) is 3.29. The lowest BCUT2D eigenvalue weighted by atomic mass is 9.97. The molecule has 1 aromatic carbocycles. The van der Waals surface area contributed by atoms with E-state index in [1.54, 1.807) is 7.11 Å². The normalized spacial score (nSPS) is 23.9. The van der Waals surface area contributed by atoms with Crippen LogP contribution in [0.5, 0.6) is 5.75 Å². The number of benzene rings is 1. The summed E-state index contributed by atoms with van der Waals surface area (Å²) in [5.41, 5.74) is 1.56. The molecule has 0 radical (unpaired) electrons. The van der Waals surface area contributed by atoms with Crippen molar-refractivity contribution in [3.8, 4) is 5.75 Å². The number of carbonyl (C=O) groups is 1. The molecule has 3 rings (SSSR count). The molecule has 1 aliphatic heterocycles. The Balaban J connectivity index is 1.74. The first kappa shape index (κ1) is 18.2. The van der Waals surface area contributed by atoms with Gasteiger partial charge >= 0.3 is 0 Å². The van der Waals surface area contributed by atoms with Crippen LogP contribution in [0.4, 0.5) is 0 Å². The monoisotopic (exact) mass is 348 g/mol. The van der Waals surface area contributed by atoms with Crippen molar-refractivity contribution in [1.29, 1.82) is 0 Å². The van der Waals surface area contributed by atoms with E-state index in [4.69, 9.17) is 4.74 Å². The summed E-state index contributed by atoms with van der Waals surface area (Å²) < 4.78 is 5.33. The number of rotatable bonds is 7. The van der Waals surface area contributed by atoms with E-state index in [1.165, 1.54) is 12.8 Å². The first-order valence-corrected chi connectivity index (χ1v) is 8.98. The lowest BCUT2D eigenvalue weighted by molar-refractivity contribution is 0.0852. The summed E-state index contributed by atoms with van der Waals surface area (Å²) in [5.74, 6) is 1.46. The van der Waals surface area contributed by atoms with E-state index < -0.39 is 0 Å². The van der Waals surface area contributed by atoms with E-state index in [9.17, 15) is 15.0 Å². The Morgan fingerprint density at radius 3 is 2.64 bits per heavy atom. The average molecular weight is 348 g/mol. The standard InChI is InChI=1S/C19H28N2O4/c1-12-3-6-18(25-2)15(7-12)19(24)20-17-9-21(14(10-22)11-23)8-16(17)13-4-5-13/h3,6-7,13-14,16-17,22-23H,4-5,8-11H2,1-2H3,(H,20,24)/t16-,17+/m0/s1. The number of aryl methyl sites for hydroxylation is 1. The van der Waals surface area contributed by atoms with Crippen LogP contribution < -0.4 is 10.1 Å². The predicted octanol–water partition coefficient (Wildman–Crippen LogP) is 0.797. The molecule has 25 heavy (non-hydrogen) atoms. The van der Waals surface area contributed by atoms with Crippen molar-refractivity contribution in [2.45, 2.75) is 31.8 Å². The number of aliphatic hydroxyl groups is 2. The van der Waals surface area contributed by atoms with Gasteiger partial charge in [-0.2, -0.15) is 0 Å². The maximum atomic E-state index is 12.8. The lowest BCUT2D eigenvalue weighted by Crippen LogP contribution is -2.43. The molecule has 1 amide bonds. The first-order chi connectivity index (χ1) is 12.1. The Morgan fingerprint density at radius 2 is 2.04 bits per heavy atom. The van der Waals surface area contributed by atoms with Crippen LogP contribution in [0.1, 0.15) is 28.8 Å². The van der Waals surface area contributed by atoms with Crippen LogP contribution in [0.25, 0.3) is 0 Å². The molecule has 3 N–H and O–H groups in total. The van der Waals surface area contributed by atoms with Crippen LogP contribution >= 0.6 is 0 Å². The highest BCUT2D eigenvalue weighted by Gasteiger charge is 2.44. The van der Waals surface area contributed by atoms with Crippen LogP contribution in [0.15, 0.2) is 18.2 Å². The number of nitrogens with one attached hydrogen (secondary N) is 1. The molecule has 0 bridgehead atoms. The third kappa shape index (κ3) is 3.97. The van der Waals surface area contributed by atoms with Gasteiger partial charge in [0.25, 0.3) is 5.91 Å². The highest BCUT2D eigenvalue weighted by atomic mass is 16.5. The molecule has 0 unspecified atom stereocenters. The van der Waals surface area contributed by atoms with Crippen molar-refractivity contribution in [1.82, 2.24) is 10.2 Å². The molecule has 138 valence electrons. The summed E-state index contributed by atoms with van der Waals surface area (Å²) >= 11 is 0. The smallest absolute Gasteiger partial charge is 0.255 e. The zero-order chi connectivity index (χ0) is 18.0. The quantitative estimate of drug-likeness (QED) is 0.679. The Morgan fingerprint density at radius 1 is 1.32 bits per heavy atom. The van der Waals surface area contributed by atoms with Crippen molar-refractivity contribution >= 4 is 5.91 Å². The fraction of sp³-hybridized carbons (Fsp3) is 0.632. The highest BCUT2D eigenvalue weighted by Crippen LogP contribution is 2.42. The van der Waals surface area contributed by atoms with E-state index in [2.05, 4.69) is 10.2 Å². The Labute approximate surface area is 148 Å². The lowest BCUT2D eigenvalue weighted by Gasteiger charge is -2.24. The van der Waals surface area contributed by atoms with Crippen molar-refractivity contribution in [3.05, 3.63) is 29.3 Å². The van der Waals surface area contributed by atoms with E-state index in [0.717, 1.165) is 12.1 Å². The van der Waals surface area contributed by atoms with Gasteiger partial charge in [-0.15, -0.1) is 0 Å². The van der Waals surface area contributed by atoms with Crippen molar-refractivity contribution in [2.24, 2.45) is 11.8 Å². The second kappa shape index (κ2) is 7.72. The Bertz CT molecular complexity index is 613.